The van der Waals surface area contributed by atoms with Crippen LogP contribution in [0.1, 0.15) is 12.2 Å². The first kappa shape index (κ1) is 11.5. The highest BCUT2D eigenvalue weighted by Gasteiger charge is 2.24. The number of hydrogen-bond acceptors (Lipinski definition) is 5. The summed E-state index contributed by atoms with van der Waals surface area (Å²) in [5.41, 5.74) is 7.72. The van der Waals surface area contributed by atoms with Crippen molar-refractivity contribution in [3.8, 4) is 11.4 Å². The lowest BCUT2D eigenvalue weighted by atomic mass is 9.99. The average Bonchev–Trinajstić information content (AvgIpc) is 3.09. The molecule has 0 fully saturated rings. The Morgan fingerprint density at radius 3 is 3.15 bits per heavy atom. The minimum Gasteiger partial charge on any atom is -0.330 e. The van der Waals surface area contributed by atoms with E-state index >= 15 is 0 Å². The highest BCUT2D eigenvalue weighted by Crippen LogP contribution is 2.27. The molecule has 0 aromatic carbocycles. The van der Waals surface area contributed by atoms with Crippen molar-refractivity contribution in [2.45, 2.75) is 19.4 Å². The Morgan fingerprint density at radius 2 is 2.25 bits per heavy atom. The third kappa shape index (κ3) is 1.63. The predicted molar refractivity (Wildman–Crippen MR) is 72.9 cm³/mol. The normalized spacial score (nSPS) is 18.4. The summed E-state index contributed by atoms with van der Waals surface area (Å²) in [6.07, 6.45) is 9.19. The smallest absolute Gasteiger partial charge is 0.167 e. The molecule has 102 valence electrons. The molecule has 7 heteroatoms. The van der Waals surface area contributed by atoms with Gasteiger partial charge in [0.05, 0.1) is 23.5 Å². The van der Waals surface area contributed by atoms with E-state index in [4.69, 9.17) is 5.73 Å². The van der Waals surface area contributed by atoms with Crippen molar-refractivity contribution in [3.05, 3.63) is 30.6 Å². The van der Waals surface area contributed by atoms with E-state index in [2.05, 4.69) is 24.8 Å². The number of nitrogens with zero attached hydrogens (tertiary/aromatic N) is 6. The van der Waals surface area contributed by atoms with E-state index in [1.165, 1.54) is 0 Å². The van der Waals surface area contributed by atoms with Gasteiger partial charge in [0.25, 0.3) is 0 Å². The van der Waals surface area contributed by atoms with Crippen molar-refractivity contribution in [2.24, 2.45) is 11.7 Å². The molecule has 4 heterocycles. The van der Waals surface area contributed by atoms with Crippen LogP contribution in [0.5, 0.6) is 0 Å². The topological polar surface area (TPSA) is 86.9 Å². The zero-order chi connectivity index (χ0) is 13.5. The fourth-order valence-corrected chi connectivity index (χ4v) is 2.79. The van der Waals surface area contributed by atoms with E-state index in [0.29, 0.717) is 12.5 Å². The summed E-state index contributed by atoms with van der Waals surface area (Å²) in [6.45, 7) is 1.58. The summed E-state index contributed by atoms with van der Waals surface area (Å²) in [6, 6.07) is 0. The van der Waals surface area contributed by atoms with Crippen molar-refractivity contribution in [1.82, 2.24) is 29.4 Å². The molecular weight excluding hydrogens is 254 g/mol. The number of hydrogen-bond donors (Lipinski definition) is 1. The molecule has 4 rings (SSSR count). The van der Waals surface area contributed by atoms with Gasteiger partial charge >= 0.3 is 0 Å². The van der Waals surface area contributed by atoms with Gasteiger partial charge in [0, 0.05) is 25.4 Å². The van der Waals surface area contributed by atoms with Gasteiger partial charge < -0.3 is 10.3 Å². The van der Waals surface area contributed by atoms with E-state index in [9.17, 15) is 0 Å². The Balaban J connectivity index is 1.85. The maximum Gasteiger partial charge on any atom is 0.167 e. The van der Waals surface area contributed by atoms with Crippen molar-refractivity contribution in [2.75, 3.05) is 6.54 Å². The Morgan fingerprint density at radius 1 is 1.30 bits per heavy atom. The molecule has 0 radical (unpaired) electrons. The van der Waals surface area contributed by atoms with Gasteiger partial charge in [-0.25, -0.2) is 4.52 Å². The second-order valence-electron chi connectivity index (χ2n) is 5.16. The summed E-state index contributed by atoms with van der Waals surface area (Å²) in [5, 5.41) is 13.0. The first-order valence-electron chi connectivity index (χ1n) is 6.76. The fourth-order valence-electron chi connectivity index (χ4n) is 2.79. The molecule has 1 atom stereocenters. The monoisotopic (exact) mass is 269 g/mol. The van der Waals surface area contributed by atoms with Crippen LogP contribution in [-0.2, 0) is 13.0 Å². The molecule has 0 saturated heterocycles. The molecule has 1 aliphatic rings. The number of nitrogens with two attached hydrogens (primary N) is 1. The van der Waals surface area contributed by atoms with Crippen LogP contribution in [0, 0.1) is 5.92 Å². The molecule has 0 aliphatic carbocycles. The van der Waals surface area contributed by atoms with Gasteiger partial charge in [-0.3, -0.25) is 4.98 Å². The first-order valence-corrected chi connectivity index (χ1v) is 6.76. The number of aromatic nitrogens is 6. The summed E-state index contributed by atoms with van der Waals surface area (Å²) in [4.78, 5) is 4.16. The van der Waals surface area contributed by atoms with Crippen molar-refractivity contribution in [1.29, 1.82) is 0 Å². The van der Waals surface area contributed by atoms with E-state index < -0.39 is 0 Å². The molecule has 1 aliphatic heterocycles. The van der Waals surface area contributed by atoms with Gasteiger partial charge in [0.2, 0.25) is 0 Å². The lowest BCUT2D eigenvalue weighted by Gasteiger charge is -2.22. The van der Waals surface area contributed by atoms with Gasteiger partial charge in [0.1, 0.15) is 5.82 Å². The Bertz CT molecular complexity index is 757. The second kappa shape index (κ2) is 4.38. The van der Waals surface area contributed by atoms with Crippen LogP contribution in [-0.4, -0.2) is 35.9 Å². The average molecular weight is 269 g/mol. The molecule has 0 amide bonds. The molecule has 1 unspecified atom stereocenters. The summed E-state index contributed by atoms with van der Waals surface area (Å²) < 4.78 is 3.97. The Hall–Kier alpha value is -2.28. The SMILES string of the molecule is NCC1CCc2nnc(-c3cnn4ccncc34)n2C1. The quantitative estimate of drug-likeness (QED) is 0.732. The van der Waals surface area contributed by atoms with Gasteiger partial charge in [-0.2, -0.15) is 5.10 Å². The largest absolute Gasteiger partial charge is 0.330 e. The zero-order valence-electron chi connectivity index (χ0n) is 11.0. The Kier molecular flexibility index (Phi) is 2.53. The van der Waals surface area contributed by atoms with Crippen LogP contribution in [0.2, 0.25) is 0 Å². The molecule has 20 heavy (non-hydrogen) atoms. The minimum atomic E-state index is 0.497. The summed E-state index contributed by atoms with van der Waals surface area (Å²) in [5.74, 6) is 2.39. The maximum atomic E-state index is 5.81. The van der Waals surface area contributed by atoms with Crippen LogP contribution in [0.15, 0.2) is 24.8 Å². The molecule has 0 bridgehead atoms. The van der Waals surface area contributed by atoms with Gasteiger partial charge in [0.15, 0.2) is 5.82 Å². The number of rotatable bonds is 2. The molecule has 7 nitrogen and oxygen atoms in total. The van der Waals surface area contributed by atoms with Crippen molar-refractivity contribution < 1.29 is 0 Å². The number of fused-ring (bicyclic) bond motifs is 2. The summed E-state index contributed by atoms with van der Waals surface area (Å²) >= 11 is 0. The van der Waals surface area contributed by atoms with Gasteiger partial charge in [-0.1, -0.05) is 0 Å². The lowest BCUT2D eigenvalue weighted by molar-refractivity contribution is 0.376. The van der Waals surface area contributed by atoms with E-state index in [1.807, 2.05) is 12.4 Å². The van der Waals surface area contributed by atoms with Crippen LogP contribution in [0.25, 0.3) is 16.9 Å². The van der Waals surface area contributed by atoms with Crippen LogP contribution < -0.4 is 5.73 Å². The molecule has 2 N–H and O–H groups in total. The third-order valence-electron chi connectivity index (χ3n) is 3.94. The molecule has 0 saturated carbocycles. The first-order chi connectivity index (χ1) is 9.86. The third-order valence-corrected chi connectivity index (χ3v) is 3.94. The van der Waals surface area contributed by atoms with Crippen molar-refractivity contribution in [3.63, 3.8) is 0 Å². The van der Waals surface area contributed by atoms with E-state index in [-0.39, 0.29) is 0 Å². The van der Waals surface area contributed by atoms with Crippen LogP contribution in [0.4, 0.5) is 0 Å². The van der Waals surface area contributed by atoms with E-state index in [0.717, 1.165) is 42.1 Å². The van der Waals surface area contributed by atoms with E-state index in [1.54, 1.807) is 16.9 Å². The Labute approximate surface area is 115 Å². The fraction of sp³-hybridized carbons (Fsp3) is 0.385. The molecule has 0 spiro atoms. The second-order valence-corrected chi connectivity index (χ2v) is 5.16. The molecular formula is C13H15N7. The minimum absolute atomic E-state index is 0.497. The van der Waals surface area contributed by atoms with Crippen LogP contribution >= 0.6 is 0 Å². The lowest BCUT2D eigenvalue weighted by Crippen LogP contribution is -2.26. The molecule has 3 aromatic rings. The number of aryl methyl sites for hydroxylation is 1. The summed E-state index contributed by atoms with van der Waals surface area (Å²) in [7, 11) is 0. The molecule has 3 aromatic heterocycles. The maximum absolute atomic E-state index is 5.81. The van der Waals surface area contributed by atoms with Crippen molar-refractivity contribution >= 4 is 5.52 Å². The predicted octanol–water partition coefficient (Wildman–Crippen LogP) is 0.509. The zero-order valence-corrected chi connectivity index (χ0v) is 11.0. The highest BCUT2D eigenvalue weighted by atomic mass is 15.3. The van der Waals surface area contributed by atoms with Crippen LogP contribution in [0.3, 0.4) is 0 Å². The standard InChI is InChI=1S/C13H15N7/c14-5-9-1-2-12-17-18-13(19(12)8-9)10-6-16-20-4-3-15-7-11(10)20/h3-4,6-7,9H,1-2,5,8,14H2. The van der Waals surface area contributed by atoms with Gasteiger partial charge in [-0.05, 0) is 18.9 Å². The highest BCUT2D eigenvalue weighted by molar-refractivity contribution is 5.75. The van der Waals surface area contributed by atoms with Gasteiger partial charge in [-0.15, -0.1) is 10.2 Å².